The van der Waals surface area contributed by atoms with E-state index in [1.807, 2.05) is 12.1 Å². The lowest BCUT2D eigenvalue weighted by Crippen LogP contribution is -2.65. The van der Waals surface area contributed by atoms with Gasteiger partial charge in [0, 0.05) is 22.9 Å². The number of esters is 1. The molecule has 5 atom stereocenters. The van der Waals surface area contributed by atoms with E-state index in [-0.39, 0.29) is 28.9 Å². The molecule has 6 rings (SSSR count). The Bertz CT molecular complexity index is 1080. The third-order valence-corrected chi connectivity index (χ3v) is 7.48. The zero-order chi connectivity index (χ0) is 20.6. The largest absolute Gasteiger partial charge is 0.508 e. The summed E-state index contributed by atoms with van der Waals surface area (Å²) in [5.41, 5.74) is 2.41. The van der Waals surface area contributed by atoms with Crippen LogP contribution < -0.4 is 4.74 Å². The van der Waals surface area contributed by atoms with Crippen molar-refractivity contribution in [1.82, 2.24) is 4.90 Å². The van der Waals surface area contributed by atoms with Crippen molar-refractivity contribution in [2.45, 2.75) is 36.5 Å². The molecule has 2 aliphatic heterocycles. The second kappa shape index (κ2) is 6.01. The van der Waals surface area contributed by atoms with Gasteiger partial charge in [-0.05, 0) is 68.4 Å². The number of phenolic OH excluding ortho intramolecular Hbond substituents is 2. The van der Waals surface area contributed by atoms with Crippen molar-refractivity contribution >= 4 is 5.97 Å². The van der Waals surface area contributed by atoms with E-state index in [0.717, 1.165) is 24.9 Å². The number of benzene rings is 2. The van der Waals surface area contributed by atoms with Crippen molar-refractivity contribution in [2.24, 2.45) is 5.92 Å². The van der Waals surface area contributed by atoms with Crippen LogP contribution in [-0.4, -0.2) is 52.9 Å². The number of carbonyl (C=O) groups is 1. The first-order chi connectivity index (χ1) is 14.5. The molecule has 2 bridgehead atoms. The lowest BCUT2D eigenvalue weighted by molar-refractivity contribution is -0.0555. The number of phenols is 2. The predicted molar refractivity (Wildman–Crippen MR) is 109 cm³/mol. The van der Waals surface area contributed by atoms with E-state index >= 15 is 0 Å². The Labute approximate surface area is 174 Å². The average molecular weight is 405 g/mol. The van der Waals surface area contributed by atoms with Crippen LogP contribution in [-0.2, 0) is 16.6 Å². The molecular formula is C24H23NO5. The first kappa shape index (κ1) is 17.8. The van der Waals surface area contributed by atoms with E-state index in [0.29, 0.717) is 17.4 Å². The van der Waals surface area contributed by atoms with Crippen molar-refractivity contribution in [1.29, 1.82) is 0 Å². The van der Waals surface area contributed by atoms with Gasteiger partial charge in [0.25, 0.3) is 0 Å². The normalized spacial score (nSPS) is 33.0. The van der Waals surface area contributed by atoms with Crippen LogP contribution in [0.2, 0.25) is 0 Å². The zero-order valence-electron chi connectivity index (χ0n) is 16.6. The first-order valence-corrected chi connectivity index (χ1v) is 10.4. The molecule has 2 aromatic carbocycles. The highest BCUT2D eigenvalue weighted by atomic mass is 16.6. The molecule has 4 aliphatic rings. The maximum Gasteiger partial charge on any atom is 0.338 e. The molecule has 1 spiro atoms. The van der Waals surface area contributed by atoms with Gasteiger partial charge in [-0.15, -0.1) is 0 Å². The molecule has 154 valence electrons. The second-order valence-electron chi connectivity index (χ2n) is 8.86. The third-order valence-electron chi connectivity index (χ3n) is 7.48. The maximum atomic E-state index is 12.8. The van der Waals surface area contributed by atoms with Crippen LogP contribution in [0, 0.1) is 5.92 Å². The summed E-state index contributed by atoms with van der Waals surface area (Å²) in [7, 11) is 2.17. The van der Waals surface area contributed by atoms with E-state index in [1.54, 1.807) is 18.2 Å². The topological polar surface area (TPSA) is 79.2 Å². The third kappa shape index (κ3) is 2.20. The van der Waals surface area contributed by atoms with E-state index in [1.165, 1.54) is 17.7 Å². The molecule has 2 N–H and O–H groups in total. The smallest absolute Gasteiger partial charge is 0.338 e. The van der Waals surface area contributed by atoms with Gasteiger partial charge >= 0.3 is 5.97 Å². The fraction of sp³-hybridized carbons (Fsp3) is 0.375. The van der Waals surface area contributed by atoms with Crippen LogP contribution in [0.4, 0.5) is 0 Å². The molecule has 6 nitrogen and oxygen atoms in total. The minimum absolute atomic E-state index is 0.1000. The van der Waals surface area contributed by atoms with Gasteiger partial charge in [0.2, 0.25) is 0 Å². The number of hydrogen-bond donors (Lipinski definition) is 2. The predicted octanol–water partition coefficient (Wildman–Crippen LogP) is 2.77. The van der Waals surface area contributed by atoms with Crippen LogP contribution in [0.3, 0.4) is 0 Å². The van der Waals surface area contributed by atoms with Gasteiger partial charge in [-0.1, -0.05) is 12.1 Å². The number of carbonyl (C=O) groups excluding carboxylic acids is 1. The highest BCUT2D eigenvalue weighted by Gasteiger charge is 2.65. The van der Waals surface area contributed by atoms with E-state index < -0.39 is 12.1 Å². The van der Waals surface area contributed by atoms with Crippen molar-refractivity contribution in [3.8, 4) is 17.2 Å². The Morgan fingerprint density at radius 3 is 2.77 bits per heavy atom. The van der Waals surface area contributed by atoms with Gasteiger partial charge in [-0.25, -0.2) is 4.79 Å². The Morgan fingerprint density at radius 2 is 1.97 bits per heavy atom. The number of nitrogens with zero attached hydrogens (tertiary/aromatic N) is 1. The summed E-state index contributed by atoms with van der Waals surface area (Å²) < 4.78 is 12.3. The van der Waals surface area contributed by atoms with E-state index in [9.17, 15) is 15.0 Å². The van der Waals surface area contributed by atoms with Gasteiger partial charge < -0.3 is 24.6 Å². The van der Waals surface area contributed by atoms with Crippen LogP contribution in [0.5, 0.6) is 17.2 Å². The van der Waals surface area contributed by atoms with Crippen molar-refractivity contribution in [2.75, 3.05) is 13.6 Å². The summed E-state index contributed by atoms with van der Waals surface area (Å²) in [5.74, 6) is 0.601. The quantitative estimate of drug-likeness (QED) is 0.591. The molecule has 1 fully saturated rings. The number of likely N-dealkylation sites (N-methyl/N-ethyl adjacent to an activating group) is 1. The van der Waals surface area contributed by atoms with Gasteiger partial charge in [-0.3, -0.25) is 0 Å². The SMILES string of the molecule is CN1CC[C@]23c4c5ccc(O)c4O[C@H]2[C@@H](OC(=O)c2ccc(O)cc2)C=C[C@H]3[C@H]1C5. The summed E-state index contributed by atoms with van der Waals surface area (Å²) >= 11 is 0. The van der Waals surface area contributed by atoms with E-state index in [4.69, 9.17) is 9.47 Å². The highest BCUT2D eigenvalue weighted by Crippen LogP contribution is 2.62. The minimum Gasteiger partial charge on any atom is -0.508 e. The van der Waals surface area contributed by atoms with Crippen molar-refractivity contribution < 1.29 is 24.5 Å². The van der Waals surface area contributed by atoms with Gasteiger partial charge in [-0.2, -0.15) is 0 Å². The van der Waals surface area contributed by atoms with Crippen LogP contribution in [0.1, 0.15) is 27.9 Å². The fourth-order valence-corrected chi connectivity index (χ4v) is 6.11. The Balaban J connectivity index is 1.42. The molecule has 0 unspecified atom stereocenters. The molecule has 1 saturated heterocycles. The van der Waals surface area contributed by atoms with Crippen molar-refractivity contribution in [3.63, 3.8) is 0 Å². The summed E-state index contributed by atoms with van der Waals surface area (Å²) in [6.45, 7) is 0.933. The average Bonchev–Trinajstić information content (AvgIpc) is 3.09. The fourth-order valence-electron chi connectivity index (χ4n) is 6.11. The second-order valence-corrected chi connectivity index (χ2v) is 8.86. The number of aromatic hydroxyl groups is 2. The Hall–Kier alpha value is -2.99. The zero-order valence-corrected chi connectivity index (χ0v) is 16.6. The van der Waals surface area contributed by atoms with Crippen LogP contribution in [0.25, 0.3) is 0 Å². The van der Waals surface area contributed by atoms with E-state index in [2.05, 4.69) is 18.0 Å². The Kier molecular flexibility index (Phi) is 3.58. The Morgan fingerprint density at radius 1 is 1.17 bits per heavy atom. The molecule has 0 radical (unpaired) electrons. The summed E-state index contributed by atoms with van der Waals surface area (Å²) in [5, 5.41) is 20.0. The van der Waals surface area contributed by atoms with Crippen molar-refractivity contribution in [3.05, 3.63) is 65.2 Å². The number of piperidine rings is 1. The molecule has 2 aromatic rings. The maximum absolute atomic E-state index is 12.8. The lowest BCUT2D eigenvalue weighted by Gasteiger charge is -2.56. The molecule has 0 aromatic heterocycles. The molecule has 30 heavy (non-hydrogen) atoms. The van der Waals surface area contributed by atoms with Gasteiger partial charge in [0.05, 0.1) is 5.56 Å². The summed E-state index contributed by atoms with van der Waals surface area (Å²) in [6, 6.07) is 10.1. The van der Waals surface area contributed by atoms with Gasteiger partial charge in [0.15, 0.2) is 17.6 Å². The molecular weight excluding hydrogens is 382 g/mol. The number of rotatable bonds is 2. The summed E-state index contributed by atoms with van der Waals surface area (Å²) in [6.07, 6.45) is 5.03. The monoisotopic (exact) mass is 405 g/mol. The highest BCUT2D eigenvalue weighted by molar-refractivity contribution is 5.89. The van der Waals surface area contributed by atoms with Gasteiger partial charge in [0.1, 0.15) is 11.9 Å². The molecule has 6 heteroatoms. The molecule has 0 amide bonds. The molecule has 2 aliphatic carbocycles. The molecule has 0 saturated carbocycles. The lowest BCUT2D eigenvalue weighted by atomic mass is 9.53. The standard InChI is InChI=1S/C24H23NO5/c1-25-11-10-24-16-7-9-19(29-23(28)13-2-5-15(26)6-3-13)22(24)30-21-18(27)8-4-14(20(21)24)12-17(16)25/h2-9,16-17,19,22,26-27H,10-12H2,1H3/t16-,17+,19-,22-,24-/m0/s1. The minimum atomic E-state index is -0.552. The summed E-state index contributed by atoms with van der Waals surface area (Å²) in [4.78, 5) is 15.2. The number of ether oxygens (including phenoxy) is 2. The van der Waals surface area contributed by atoms with Crippen LogP contribution >= 0.6 is 0 Å². The van der Waals surface area contributed by atoms with Crippen LogP contribution in [0.15, 0.2) is 48.6 Å². The number of likely N-dealkylation sites (tertiary alicyclic amines) is 1. The number of hydrogen-bond acceptors (Lipinski definition) is 6. The first-order valence-electron chi connectivity index (χ1n) is 10.4. The molecule has 2 heterocycles.